The molecule has 0 bridgehead atoms. The molecule has 0 N–H and O–H groups in total. The van der Waals surface area contributed by atoms with Gasteiger partial charge in [0.25, 0.3) is 0 Å². The Morgan fingerprint density at radius 1 is 1.20 bits per heavy atom. The second-order valence-electron chi connectivity index (χ2n) is 4.89. The molecule has 20 heavy (non-hydrogen) atoms. The third kappa shape index (κ3) is 1.95. The molecule has 3 heteroatoms. The van der Waals surface area contributed by atoms with Crippen molar-refractivity contribution in [1.29, 1.82) is 0 Å². The van der Waals surface area contributed by atoms with Gasteiger partial charge in [0, 0.05) is 17.8 Å². The summed E-state index contributed by atoms with van der Waals surface area (Å²) in [7, 11) is 0. The third-order valence-corrected chi connectivity index (χ3v) is 3.62. The molecule has 3 rings (SSSR count). The van der Waals surface area contributed by atoms with Crippen LogP contribution >= 0.6 is 0 Å². The van der Waals surface area contributed by atoms with Crippen LogP contribution < -0.4 is 0 Å². The first kappa shape index (κ1) is 12.7. The lowest BCUT2D eigenvalue weighted by Crippen LogP contribution is -2.12. The largest absolute Gasteiger partial charge is 0.461 e. The summed E-state index contributed by atoms with van der Waals surface area (Å²) in [6.07, 6.45) is 0.770. The van der Waals surface area contributed by atoms with Crippen LogP contribution in [-0.2, 0) is 16.0 Å². The number of hydrogen-bond donors (Lipinski definition) is 0. The molecule has 0 amide bonds. The van der Waals surface area contributed by atoms with Crippen LogP contribution in [0.15, 0.2) is 42.5 Å². The zero-order chi connectivity index (χ0) is 14.1. The highest BCUT2D eigenvalue weighted by Gasteiger charge is 2.29. The first-order valence-corrected chi connectivity index (χ1v) is 6.85. The first-order chi connectivity index (χ1) is 9.72. The van der Waals surface area contributed by atoms with Crippen LogP contribution in [0.4, 0.5) is 0 Å². The van der Waals surface area contributed by atoms with Crippen LogP contribution in [0.1, 0.15) is 23.9 Å². The van der Waals surface area contributed by atoms with Gasteiger partial charge in [-0.15, -0.1) is 0 Å². The van der Waals surface area contributed by atoms with E-state index in [0.29, 0.717) is 12.3 Å². The zero-order valence-corrected chi connectivity index (χ0v) is 11.7. The molecule has 0 unspecified atom stereocenters. The smallest absolute Gasteiger partial charge is 0.355 e. The molecule has 1 aliphatic rings. The van der Waals surface area contributed by atoms with E-state index >= 15 is 0 Å². The predicted molar refractivity (Wildman–Crippen MR) is 79.1 cm³/mol. The number of fused-ring (bicyclic) bond motifs is 1. The van der Waals surface area contributed by atoms with Crippen molar-refractivity contribution in [2.24, 2.45) is 0 Å². The zero-order valence-electron chi connectivity index (χ0n) is 11.7. The van der Waals surface area contributed by atoms with Crippen molar-refractivity contribution < 1.29 is 9.53 Å². The lowest BCUT2D eigenvalue weighted by Gasteiger charge is -2.10. The van der Waals surface area contributed by atoms with Gasteiger partial charge in [-0.25, -0.2) is 4.79 Å². The van der Waals surface area contributed by atoms with Crippen molar-refractivity contribution in [1.82, 2.24) is 4.57 Å². The van der Waals surface area contributed by atoms with Gasteiger partial charge in [0.1, 0.15) is 5.70 Å². The van der Waals surface area contributed by atoms with Gasteiger partial charge < -0.3 is 9.30 Å². The minimum atomic E-state index is -0.246. The van der Waals surface area contributed by atoms with E-state index < -0.39 is 0 Å². The normalized spacial score (nSPS) is 13.5. The summed E-state index contributed by atoms with van der Waals surface area (Å²) in [6, 6.07) is 14.2. The van der Waals surface area contributed by atoms with Gasteiger partial charge in [0.2, 0.25) is 0 Å². The molecule has 102 valence electrons. The SMILES string of the molecule is CCOC(=O)C1=C(c2ccccc2)Cc2ccc(C)n21. The molecule has 1 aliphatic heterocycles. The van der Waals surface area contributed by atoms with Gasteiger partial charge in [-0.3, -0.25) is 0 Å². The number of aromatic nitrogens is 1. The second kappa shape index (κ2) is 5.00. The molecule has 0 saturated heterocycles. The van der Waals surface area contributed by atoms with Crippen LogP contribution in [0.25, 0.3) is 11.3 Å². The van der Waals surface area contributed by atoms with E-state index in [1.54, 1.807) is 0 Å². The van der Waals surface area contributed by atoms with Gasteiger partial charge in [-0.05, 0) is 37.1 Å². The molecule has 0 aliphatic carbocycles. The quantitative estimate of drug-likeness (QED) is 0.799. The van der Waals surface area contributed by atoms with E-state index in [9.17, 15) is 4.79 Å². The van der Waals surface area contributed by atoms with Crippen LogP contribution in [0.2, 0.25) is 0 Å². The van der Waals surface area contributed by atoms with Crippen molar-refractivity contribution >= 4 is 17.2 Å². The minimum Gasteiger partial charge on any atom is -0.461 e. The van der Waals surface area contributed by atoms with Gasteiger partial charge in [-0.2, -0.15) is 0 Å². The number of aryl methyl sites for hydroxylation is 1. The molecule has 1 aromatic carbocycles. The Kier molecular flexibility index (Phi) is 3.18. The highest BCUT2D eigenvalue weighted by atomic mass is 16.5. The van der Waals surface area contributed by atoms with E-state index in [2.05, 4.69) is 6.07 Å². The summed E-state index contributed by atoms with van der Waals surface area (Å²) in [5.74, 6) is -0.246. The summed E-state index contributed by atoms with van der Waals surface area (Å²) in [5, 5.41) is 0. The van der Waals surface area contributed by atoms with Crippen LogP contribution in [0, 0.1) is 6.92 Å². The summed E-state index contributed by atoms with van der Waals surface area (Å²) in [4.78, 5) is 12.3. The molecule has 2 heterocycles. The predicted octanol–water partition coefficient (Wildman–Crippen LogP) is 3.28. The van der Waals surface area contributed by atoms with Crippen molar-refractivity contribution in [2.45, 2.75) is 20.3 Å². The highest BCUT2D eigenvalue weighted by Crippen LogP contribution is 2.35. The fourth-order valence-corrected chi connectivity index (χ4v) is 2.74. The highest BCUT2D eigenvalue weighted by molar-refractivity contribution is 6.20. The standard InChI is InChI=1S/C17H17NO2/c1-3-20-17(19)16-15(13-7-5-4-6-8-13)11-14-10-9-12(2)18(14)16/h4-10H,3,11H2,1-2H3. The number of esters is 1. The molecular formula is C17H17NO2. The lowest BCUT2D eigenvalue weighted by molar-refractivity contribution is -0.136. The second-order valence-corrected chi connectivity index (χ2v) is 4.89. The lowest BCUT2D eigenvalue weighted by atomic mass is 10.0. The molecule has 0 spiro atoms. The van der Waals surface area contributed by atoms with Crippen molar-refractivity contribution in [3.63, 3.8) is 0 Å². The van der Waals surface area contributed by atoms with Crippen molar-refractivity contribution in [2.75, 3.05) is 6.61 Å². The van der Waals surface area contributed by atoms with E-state index in [1.807, 2.05) is 54.8 Å². The average molecular weight is 267 g/mol. The summed E-state index contributed by atoms with van der Waals surface area (Å²) in [5.41, 5.74) is 5.00. The number of rotatable bonds is 3. The molecule has 2 aromatic rings. The Bertz CT molecular complexity index is 680. The number of nitrogens with zero attached hydrogens (tertiary/aromatic N) is 1. The Balaban J connectivity index is 2.16. The van der Waals surface area contributed by atoms with Crippen molar-refractivity contribution in [3.8, 4) is 0 Å². The minimum absolute atomic E-state index is 0.246. The van der Waals surface area contributed by atoms with Crippen LogP contribution in [-0.4, -0.2) is 17.1 Å². The molecular weight excluding hydrogens is 250 g/mol. The van der Waals surface area contributed by atoms with E-state index in [0.717, 1.165) is 28.9 Å². The fourth-order valence-electron chi connectivity index (χ4n) is 2.74. The summed E-state index contributed by atoms with van der Waals surface area (Å²) >= 11 is 0. The van der Waals surface area contributed by atoms with Gasteiger partial charge in [0.05, 0.1) is 6.61 Å². The number of carbonyl (C=O) groups is 1. The monoisotopic (exact) mass is 267 g/mol. The Hall–Kier alpha value is -2.29. The number of benzene rings is 1. The molecule has 3 nitrogen and oxygen atoms in total. The van der Waals surface area contributed by atoms with Crippen molar-refractivity contribution in [3.05, 3.63) is 59.4 Å². The Labute approximate surface area is 118 Å². The first-order valence-electron chi connectivity index (χ1n) is 6.85. The molecule has 1 aromatic heterocycles. The van der Waals surface area contributed by atoms with Crippen LogP contribution in [0.5, 0.6) is 0 Å². The third-order valence-electron chi connectivity index (χ3n) is 3.62. The van der Waals surface area contributed by atoms with Crippen LogP contribution in [0.3, 0.4) is 0 Å². The maximum absolute atomic E-state index is 12.3. The fraction of sp³-hybridized carbons (Fsp3) is 0.235. The van der Waals surface area contributed by atoms with E-state index in [1.165, 1.54) is 0 Å². The molecule has 0 fully saturated rings. The summed E-state index contributed by atoms with van der Waals surface area (Å²) in [6.45, 7) is 4.23. The summed E-state index contributed by atoms with van der Waals surface area (Å²) < 4.78 is 7.26. The number of allylic oxidation sites excluding steroid dienone is 1. The average Bonchev–Trinajstić information content (AvgIpc) is 3.00. The Morgan fingerprint density at radius 2 is 1.95 bits per heavy atom. The maximum Gasteiger partial charge on any atom is 0.355 e. The van der Waals surface area contributed by atoms with E-state index in [4.69, 9.17) is 4.74 Å². The topological polar surface area (TPSA) is 31.2 Å². The van der Waals surface area contributed by atoms with E-state index in [-0.39, 0.29) is 5.97 Å². The molecule has 0 radical (unpaired) electrons. The number of ether oxygens (including phenoxy) is 1. The number of carbonyl (C=O) groups excluding carboxylic acids is 1. The molecule has 0 atom stereocenters. The maximum atomic E-state index is 12.3. The van der Waals surface area contributed by atoms with Gasteiger partial charge in [-0.1, -0.05) is 30.3 Å². The van der Waals surface area contributed by atoms with Gasteiger partial charge >= 0.3 is 5.97 Å². The van der Waals surface area contributed by atoms with Gasteiger partial charge in [0.15, 0.2) is 0 Å². The molecule has 0 saturated carbocycles. The Morgan fingerprint density at radius 3 is 2.65 bits per heavy atom. The number of hydrogen-bond acceptors (Lipinski definition) is 2.